The van der Waals surface area contributed by atoms with E-state index in [1.165, 1.54) is 0 Å². The van der Waals surface area contributed by atoms with Crippen LogP contribution in [-0.4, -0.2) is 33.4 Å². The molecule has 104 valence electrons. The SMILES string of the molecule is CC(C)(C)n1cc(C(=O)N[C@@H]2C=C[C@H](CO)C2)cn1. The molecular weight excluding hydrogens is 242 g/mol. The molecule has 0 fully saturated rings. The molecule has 1 aromatic rings. The van der Waals surface area contributed by atoms with Gasteiger partial charge in [0.2, 0.25) is 0 Å². The van der Waals surface area contributed by atoms with E-state index in [4.69, 9.17) is 5.11 Å². The summed E-state index contributed by atoms with van der Waals surface area (Å²) >= 11 is 0. The molecule has 1 heterocycles. The Kier molecular flexibility index (Phi) is 3.75. The van der Waals surface area contributed by atoms with Crippen molar-refractivity contribution in [1.29, 1.82) is 0 Å². The van der Waals surface area contributed by atoms with Gasteiger partial charge in [-0.05, 0) is 27.2 Å². The lowest BCUT2D eigenvalue weighted by atomic mass is 10.1. The van der Waals surface area contributed by atoms with Crippen LogP contribution >= 0.6 is 0 Å². The van der Waals surface area contributed by atoms with Gasteiger partial charge in [0.25, 0.3) is 5.91 Å². The number of aromatic nitrogens is 2. The van der Waals surface area contributed by atoms with Crippen LogP contribution in [0.25, 0.3) is 0 Å². The smallest absolute Gasteiger partial charge is 0.254 e. The van der Waals surface area contributed by atoms with Gasteiger partial charge >= 0.3 is 0 Å². The predicted octanol–water partition coefficient (Wildman–Crippen LogP) is 1.30. The summed E-state index contributed by atoms with van der Waals surface area (Å²) in [4.78, 5) is 12.1. The second kappa shape index (κ2) is 5.17. The first kappa shape index (κ1) is 13.8. The zero-order valence-corrected chi connectivity index (χ0v) is 11.6. The molecule has 1 aliphatic rings. The number of rotatable bonds is 3. The average Bonchev–Trinajstić information content (AvgIpc) is 2.96. The van der Waals surface area contributed by atoms with Gasteiger partial charge in [0.05, 0.1) is 17.3 Å². The van der Waals surface area contributed by atoms with Gasteiger partial charge in [-0.25, -0.2) is 0 Å². The lowest BCUT2D eigenvalue weighted by molar-refractivity contribution is 0.0941. The number of nitrogens with one attached hydrogen (secondary N) is 1. The molecule has 1 aromatic heterocycles. The lowest BCUT2D eigenvalue weighted by Crippen LogP contribution is -2.32. The van der Waals surface area contributed by atoms with Gasteiger partial charge < -0.3 is 10.4 Å². The third kappa shape index (κ3) is 3.23. The number of aliphatic hydroxyl groups is 1. The second-order valence-corrected chi connectivity index (χ2v) is 5.99. The van der Waals surface area contributed by atoms with Crippen LogP contribution < -0.4 is 5.32 Å². The number of carbonyl (C=O) groups is 1. The van der Waals surface area contributed by atoms with E-state index >= 15 is 0 Å². The van der Waals surface area contributed by atoms with Gasteiger partial charge in [-0.3, -0.25) is 9.48 Å². The highest BCUT2D eigenvalue weighted by Gasteiger charge is 2.22. The second-order valence-electron chi connectivity index (χ2n) is 5.99. The minimum absolute atomic E-state index is 0.00244. The molecule has 0 saturated carbocycles. The van der Waals surface area contributed by atoms with E-state index in [0.717, 1.165) is 6.42 Å². The number of hydrogen-bond acceptors (Lipinski definition) is 3. The molecule has 1 amide bonds. The highest BCUT2D eigenvalue weighted by Crippen LogP contribution is 2.18. The maximum atomic E-state index is 12.1. The van der Waals surface area contributed by atoms with Crippen LogP contribution in [0.1, 0.15) is 37.6 Å². The Morgan fingerprint density at radius 1 is 1.53 bits per heavy atom. The highest BCUT2D eigenvalue weighted by atomic mass is 16.3. The van der Waals surface area contributed by atoms with E-state index < -0.39 is 0 Å². The van der Waals surface area contributed by atoms with Crippen molar-refractivity contribution in [2.75, 3.05) is 6.61 Å². The lowest BCUT2D eigenvalue weighted by Gasteiger charge is -2.18. The molecule has 1 aliphatic carbocycles. The predicted molar refractivity (Wildman–Crippen MR) is 72.8 cm³/mol. The summed E-state index contributed by atoms with van der Waals surface area (Å²) in [6.45, 7) is 6.23. The molecular formula is C14H21N3O2. The molecule has 0 unspecified atom stereocenters. The zero-order valence-electron chi connectivity index (χ0n) is 11.6. The molecule has 5 nitrogen and oxygen atoms in total. The van der Waals surface area contributed by atoms with Crippen LogP contribution in [-0.2, 0) is 5.54 Å². The van der Waals surface area contributed by atoms with Gasteiger partial charge in [0.1, 0.15) is 0 Å². The van der Waals surface area contributed by atoms with Gasteiger partial charge in [-0.15, -0.1) is 0 Å². The average molecular weight is 263 g/mol. The van der Waals surface area contributed by atoms with Crippen LogP contribution in [0.2, 0.25) is 0 Å². The van der Waals surface area contributed by atoms with Crippen molar-refractivity contribution in [1.82, 2.24) is 15.1 Å². The summed E-state index contributed by atoms with van der Waals surface area (Å²) in [5, 5.41) is 16.2. The van der Waals surface area contributed by atoms with Crippen molar-refractivity contribution in [3.8, 4) is 0 Å². The molecule has 19 heavy (non-hydrogen) atoms. The summed E-state index contributed by atoms with van der Waals surface area (Å²) in [6, 6.07) is 0.00244. The van der Waals surface area contributed by atoms with Crippen molar-refractivity contribution in [3.63, 3.8) is 0 Å². The van der Waals surface area contributed by atoms with Gasteiger partial charge in [0.15, 0.2) is 0 Å². The normalized spacial score (nSPS) is 22.7. The molecule has 0 radical (unpaired) electrons. The first-order valence-electron chi connectivity index (χ1n) is 6.55. The van der Waals surface area contributed by atoms with Crippen molar-refractivity contribution < 1.29 is 9.90 Å². The van der Waals surface area contributed by atoms with Crippen LogP contribution in [0.5, 0.6) is 0 Å². The molecule has 0 bridgehead atoms. The monoisotopic (exact) mass is 263 g/mol. The fraction of sp³-hybridized carbons (Fsp3) is 0.571. The Balaban J connectivity index is 1.98. The zero-order chi connectivity index (χ0) is 14.0. The molecule has 2 N–H and O–H groups in total. The standard InChI is InChI=1S/C14H21N3O2/c1-14(2,3)17-8-11(7-15-17)13(19)16-12-5-4-10(6-12)9-18/h4-5,7-8,10,12,18H,6,9H2,1-3H3,(H,16,19)/t10-,12+/m0/s1. The summed E-state index contributed by atoms with van der Waals surface area (Å²) in [5.41, 5.74) is 0.434. The molecule has 2 atom stereocenters. The van der Waals surface area contributed by atoms with Crippen LogP contribution in [0, 0.1) is 5.92 Å². The molecule has 2 rings (SSSR count). The van der Waals surface area contributed by atoms with Crippen LogP contribution in [0.4, 0.5) is 0 Å². The van der Waals surface area contributed by atoms with Crippen LogP contribution in [0.3, 0.4) is 0 Å². The molecule has 0 aliphatic heterocycles. The Bertz CT molecular complexity index is 485. The third-order valence-corrected chi connectivity index (χ3v) is 3.26. The minimum Gasteiger partial charge on any atom is -0.396 e. The summed E-state index contributed by atoms with van der Waals surface area (Å²) in [6.07, 6.45) is 7.99. The first-order chi connectivity index (χ1) is 8.90. The Morgan fingerprint density at radius 2 is 2.26 bits per heavy atom. The van der Waals surface area contributed by atoms with E-state index in [1.54, 1.807) is 17.1 Å². The van der Waals surface area contributed by atoms with Crippen molar-refractivity contribution in [3.05, 3.63) is 30.1 Å². The maximum Gasteiger partial charge on any atom is 0.254 e. The molecule has 0 spiro atoms. The first-order valence-corrected chi connectivity index (χ1v) is 6.55. The van der Waals surface area contributed by atoms with E-state index in [2.05, 4.69) is 10.4 Å². The van der Waals surface area contributed by atoms with Gasteiger partial charge in [-0.1, -0.05) is 12.2 Å². The maximum absolute atomic E-state index is 12.1. The largest absolute Gasteiger partial charge is 0.396 e. The molecule has 5 heteroatoms. The molecule has 0 saturated heterocycles. The van der Waals surface area contributed by atoms with E-state index in [0.29, 0.717) is 5.56 Å². The van der Waals surface area contributed by atoms with Crippen LogP contribution in [0.15, 0.2) is 24.5 Å². The summed E-state index contributed by atoms with van der Waals surface area (Å²) < 4.78 is 1.78. The Labute approximate surface area is 113 Å². The summed E-state index contributed by atoms with van der Waals surface area (Å²) in [7, 11) is 0. The Morgan fingerprint density at radius 3 is 2.79 bits per heavy atom. The van der Waals surface area contributed by atoms with Crippen molar-refractivity contribution in [2.24, 2.45) is 5.92 Å². The highest BCUT2D eigenvalue weighted by molar-refractivity contribution is 5.94. The topological polar surface area (TPSA) is 67.2 Å². The number of hydrogen-bond donors (Lipinski definition) is 2. The Hall–Kier alpha value is -1.62. The molecule has 0 aromatic carbocycles. The fourth-order valence-electron chi connectivity index (χ4n) is 2.08. The minimum atomic E-state index is -0.131. The third-order valence-electron chi connectivity index (χ3n) is 3.26. The van der Waals surface area contributed by atoms with Crippen molar-refractivity contribution >= 4 is 5.91 Å². The summed E-state index contributed by atoms with van der Waals surface area (Å²) in [5.74, 6) is 0.0336. The number of carbonyl (C=O) groups excluding carboxylic acids is 1. The number of amides is 1. The van der Waals surface area contributed by atoms with E-state index in [1.807, 2.05) is 32.9 Å². The van der Waals surface area contributed by atoms with E-state index in [-0.39, 0.29) is 30.0 Å². The van der Waals surface area contributed by atoms with E-state index in [9.17, 15) is 4.79 Å². The number of aliphatic hydroxyl groups excluding tert-OH is 1. The fourth-order valence-corrected chi connectivity index (χ4v) is 2.08. The number of nitrogens with zero attached hydrogens (tertiary/aromatic N) is 2. The van der Waals surface area contributed by atoms with Gasteiger partial charge in [-0.2, -0.15) is 5.10 Å². The van der Waals surface area contributed by atoms with Gasteiger partial charge in [0, 0.05) is 24.8 Å². The van der Waals surface area contributed by atoms with Crippen molar-refractivity contribution in [2.45, 2.75) is 38.8 Å². The quantitative estimate of drug-likeness (QED) is 0.808.